The van der Waals surface area contributed by atoms with Crippen molar-refractivity contribution in [2.45, 2.75) is 83.2 Å². The zero-order valence-electron chi connectivity index (χ0n) is 22.2. The third kappa shape index (κ3) is 7.67. The van der Waals surface area contributed by atoms with Gasteiger partial charge in [-0.15, -0.1) is 0 Å². The third-order valence-electron chi connectivity index (χ3n) is 7.76. The van der Waals surface area contributed by atoms with Crippen molar-refractivity contribution in [3.8, 4) is 0 Å². The van der Waals surface area contributed by atoms with E-state index >= 15 is 0 Å². The van der Waals surface area contributed by atoms with Gasteiger partial charge in [0, 0.05) is 36.8 Å². The highest BCUT2D eigenvalue weighted by atomic mass is 19.4. The summed E-state index contributed by atoms with van der Waals surface area (Å²) >= 11 is 0. The number of rotatable bonds is 8. The Morgan fingerprint density at radius 3 is 2.33 bits per heavy atom. The van der Waals surface area contributed by atoms with Gasteiger partial charge in [-0.1, -0.05) is 32.1 Å². The van der Waals surface area contributed by atoms with Crippen molar-refractivity contribution in [1.82, 2.24) is 4.98 Å². The van der Waals surface area contributed by atoms with Crippen LogP contribution >= 0.6 is 0 Å². The molecule has 1 aliphatic carbocycles. The van der Waals surface area contributed by atoms with Gasteiger partial charge in [-0.3, -0.25) is 14.6 Å². The average molecular weight is 566 g/mol. The van der Waals surface area contributed by atoms with Gasteiger partial charge in [0.05, 0.1) is 11.1 Å². The van der Waals surface area contributed by atoms with Gasteiger partial charge in [0.2, 0.25) is 0 Å². The van der Waals surface area contributed by atoms with Crippen LogP contribution in [0, 0.1) is 11.8 Å². The molecule has 1 N–H and O–H groups in total. The summed E-state index contributed by atoms with van der Waals surface area (Å²) in [5.41, 5.74) is -0.655. The molecule has 2 aromatic carbocycles. The first kappa shape index (κ1) is 29.7. The molecular weight excluding hydrogens is 533 g/mol. The van der Waals surface area contributed by atoms with E-state index in [0.717, 1.165) is 44.2 Å². The van der Waals surface area contributed by atoms with E-state index in [0.29, 0.717) is 61.3 Å². The van der Waals surface area contributed by atoms with Crippen molar-refractivity contribution >= 4 is 22.7 Å². The molecule has 1 aliphatic rings. The molecule has 2 unspecified atom stereocenters. The summed E-state index contributed by atoms with van der Waals surface area (Å²) in [5, 5.41) is 0. The van der Waals surface area contributed by atoms with Crippen LogP contribution in [-0.4, -0.2) is 16.6 Å². The van der Waals surface area contributed by atoms with E-state index in [-0.39, 0.29) is 29.5 Å². The lowest BCUT2D eigenvalue weighted by molar-refractivity contribution is -0.138. The van der Waals surface area contributed by atoms with Crippen LogP contribution in [0.25, 0.3) is 11.1 Å². The van der Waals surface area contributed by atoms with E-state index < -0.39 is 29.0 Å². The van der Waals surface area contributed by atoms with Crippen molar-refractivity contribution < 1.29 is 36.0 Å². The molecule has 0 spiro atoms. The van der Waals surface area contributed by atoms with Gasteiger partial charge in [-0.2, -0.15) is 13.2 Å². The van der Waals surface area contributed by atoms with Crippen LogP contribution in [0.15, 0.2) is 45.6 Å². The van der Waals surface area contributed by atoms with E-state index in [9.17, 15) is 36.3 Å². The second-order valence-electron chi connectivity index (χ2n) is 10.9. The Hall–Kier alpha value is -3.30. The molecule has 1 aromatic heterocycles. The van der Waals surface area contributed by atoms with E-state index in [1.807, 2.05) is 0 Å². The second kappa shape index (κ2) is 12.1. The third-order valence-corrected chi connectivity index (χ3v) is 7.76. The maximum absolute atomic E-state index is 13.9. The normalized spacial score (nSPS) is 19.1. The van der Waals surface area contributed by atoms with Crippen LogP contribution in [-0.2, 0) is 23.3 Å². The molecule has 1 heterocycles. The fourth-order valence-electron chi connectivity index (χ4n) is 5.53. The first-order chi connectivity index (χ1) is 18.8. The summed E-state index contributed by atoms with van der Waals surface area (Å²) in [6.07, 6.45) is 1.17. The largest absolute Gasteiger partial charge is 0.417 e. The van der Waals surface area contributed by atoms with E-state index in [1.165, 1.54) is 0 Å². The summed E-state index contributed by atoms with van der Waals surface area (Å²) in [7, 11) is 0. The highest BCUT2D eigenvalue weighted by Crippen LogP contribution is 2.36. The predicted octanol–water partition coefficient (Wildman–Crippen LogP) is 8.00. The van der Waals surface area contributed by atoms with E-state index in [2.05, 4.69) is 4.98 Å². The van der Waals surface area contributed by atoms with Crippen LogP contribution in [0.1, 0.15) is 91.8 Å². The fourth-order valence-corrected chi connectivity index (χ4v) is 5.53. The lowest BCUT2D eigenvalue weighted by atomic mass is 9.87. The second-order valence-corrected chi connectivity index (χ2v) is 10.9. The molecule has 40 heavy (non-hydrogen) atoms. The molecule has 5 nitrogen and oxygen atoms in total. The fraction of sp³-hybridized carbons (Fsp3) is 0.500. The highest BCUT2D eigenvalue weighted by molar-refractivity contribution is 5.98. The molecule has 0 amide bonds. The molecule has 1 fully saturated rings. The molecule has 10 heteroatoms. The number of aromatic nitrogens is 1. The van der Waals surface area contributed by atoms with E-state index in [4.69, 9.17) is 4.42 Å². The number of fused-ring (bicyclic) bond motifs is 1. The minimum atomic E-state index is -4.79. The van der Waals surface area contributed by atoms with Crippen molar-refractivity contribution in [2.24, 2.45) is 11.8 Å². The Kier molecular flexibility index (Phi) is 8.95. The zero-order chi connectivity index (χ0) is 29.1. The number of benzene rings is 2. The zero-order valence-corrected chi connectivity index (χ0v) is 22.2. The number of Topliss-reactive ketones (excluding diaryl/α,β-unsaturated/α-hetero) is 2. The Morgan fingerprint density at radius 1 is 0.925 bits per heavy atom. The van der Waals surface area contributed by atoms with Crippen molar-refractivity contribution in [3.05, 3.63) is 69.2 Å². The summed E-state index contributed by atoms with van der Waals surface area (Å²) in [6, 6.07) is 7.08. The molecule has 0 bridgehead atoms. The Labute approximate surface area is 228 Å². The number of aromatic amines is 1. The summed E-state index contributed by atoms with van der Waals surface area (Å²) in [4.78, 5) is 39.7. The molecule has 0 aliphatic heterocycles. The first-order valence-corrected chi connectivity index (χ1v) is 13.6. The summed E-state index contributed by atoms with van der Waals surface area (Å²) in [6.45, 7) is 0.538. The minimum absolute atomic E-state index is 0.0446. The van der Waals surface area contributed by atoms with Crippen LogP contribution in [0.3, 0.4) is 0 Å². The summed E-state index contributed by atoms with van der Waals surface area (Å²) in [5.74, 6) is -4.36. The highest BCUT2D eigenvalue weighted by Gasteiger charge is 2.35. The van der Waals surface area contributed by atoms with Gasteiger partial charge in [-0.05, 0) is 67.1 Å². The SMILES string of the molecule is CC(F)(F)c1cc(CC(=O)C2CCCCC(CCC(=O)c3ccc4[nH]c(=O)oc4c3)CCC2)cc(C(F)(F)F)c1. The number of carbonyl (C=O) groups excluding carboxylic acids is 2. The number of nitrogens with one attached hydrogen (secondary N) is 1. The monoisotopic (exact) mass is 565 g/mol. The maximum Gasteiger partial charge on any atom is 0.417 e. The Bertz CT molecular complexity index is 1380. The van der Waals surface area contributed by atoms with Gasteiger partial charge in [0.25, 0.3) is 5.92 Å². The topological polar surface area (TPSA) is 80.1 Å². The van der Waals surface area contributed by atoms with Crippen LogP contribution in [0.5, 0.6) is 0 Å². The quantitative estimate of drug-likeness (QED) is 0.222. The number of oxazole rings is 1. The van der Waals surface area contributed by atoms with Gasteiger partial charge in [-0.25, -0.2) is 13.6 Å². The standard InChI is InChI=1S/C30H32F5NO4/c1-29(31,32)22-13-19(14-23(17-22)30(33,34)35)15-26(38)20-7-3-2-5-18(6-4-8-20)9-12-25(37)21-10-11-24-27(16-21)40-28(39)36-24/h10-11,13-14,16-18,20H,2-9,12,15H2,1H3,(H,36,39). The molecule has 0 saturated heterocycles. The van der Waals surface area contributed by atoms with Crippen molar-refractivity contribution in [1.29, 1.82) is 0 Å². The molecule has 2 atom stereocenters. The molecule has 0 radical (unpaired) electrons. The lowest BCUT2D eigenvalue weighted by Crippen LogP contribution is -2.19. The number of hydrogen-bond donors (Lipinski definition) is 1. The van der Waals surface area contributed by atoms with Crippen LogP contribution in [0.4, 0.5) is 22.0 Å². The lowest BCUT2D eigenvalue weighted by Gasteiger charge is -2.18. The number of carbonyl (C=O) groups is 2. The Morgan fingerprint density at radius 2 is 1.60 bits per heavy atom. The number of ketones is 2. The van der Waals surface area contributed by atoms with Crippen LogP contribution in [0.2, 0.25) is 0 Å². The van der Waals surface area contributed by atoms with Crippen molar-refractivity contribution in [2.75, 3.05) is 0 Å². The molecule has 4 rings (SSSR count). The molecule has 216 valence electrons. The number of hydrogen-bond acceptors (Lipinski definition) is 4. The van der Waals surface area contributed by atoms with Gasteiger partial charge in [0.1, 0.15) is 5.78 Å². The van der Waals surface area contributed by atoms with Gasteiger partial charge in [0.15, 0.2) is 11.4 Å². The summed E-state index contributed by atoms with van der Waals surface area (Å²) < 4.78 is 72.7. The number of alkyl halides is 5. The van der Waals surface area contributed by atoms with Gasteiger partial charge >= 0.3 is 11.9 Å². The molecular formula is C30H32F5NO4. The van der Waals surface area contributed by atoms with Crippen LogP contribution < -0.4 is 5.76 Å². The number of H-pyrrole nitrogens is 1. The minimum Gasteiger partial charge on any atom is -0.408 e. The molecule has 3 aromatic rings. The van der Waals surface area contributed by atoms with E-state index in [1.54, 1.807) is 18.2 Å². The predicted molar refractivity (Wildman–Crippen MR) is 139 cm³/mol. The smallest absolute Gasteiger partial charge is 0.408 e. The molecule has 1 saturated carbocycles. The average Bonchev–Trinajstić information content (AvgIpc) is 3.30. The Balaban J connectivity index is 1.33. The maximum atomic E-state index is 13.9. The number of halogens is 5. The first-order valence-electron chi connectivity index (χ1n) is 13.6. The van der Waals surface area contributed by atoms with Gasteiger partial charge < -0.3 is 4.42 Å². The van der Waals surface area contributed by atoms with Crippen molar-refractivity contribution in [3.63, 3.8) is 0 Å².